The number of Topliss-reactive ketones (excluding diaryl/α,β-unsaturated/α-hetero) is 1. The third-order valence-electron chi connectivity index (χ3n) is 3.78. The highest BCUT2D eigenvalue weighted by molar-refractivity contribution is 6.43. The first-order valence-electron chi connectivity index (χ1n) is 6.73. The highest BCUT2D eigenvalue weighted by Crippen LogP contribution is 2.27. The monoisotopic (exact) mass is 304 g/mol. The predicted octanol–water partition coefficient (Wildman–Crippen LogP) is 4.91. The minimum atomic E-state index is 0.00967. The molecule has 0 spiro atoms. The van der Waals surface area contributed by atoms with Crippen LogP contribution in [0.5, 0.6) is 0 Å². The van der Waals surface area contributed by atoms with Gasteiger partial charge in [0, 0.05) is 12.0 Å². The van der Waals surface area contributed by atoms with E-state index in [4.69, 9.17) is 23.2 Å². The van der Waals surface area contributed by atoms with Crippen LogP contribution in [0.3, 0.4) is 0 Å². The van der Waals surface area contributed by atoms with Crippen molar-refractivity contribution in [1.29, 1.82) is 0 Å². The first-order valence-corrected chi connectivity index (χ1v) is 7.48. The van der Waals surface area contributed by atoms with Crippen LogP contribution in [0.25, 0.3) is 0 Å². The third-order valence-corrected chi connectivity index (χ3v) is 4.60. The molecule has 0 N–H and O–H groups in total. The number of benzene rings is 2. The number of hydrogen-bond acceptors (Lipinski definition) is 1. The van der Waals surface area contributed by atoms with E-state index in [9.17, 15) is 4.79 Å². The fraction of sp³-hybridized carbons (Fsp3) is 0.235. The van der Waals surface area contributed by atoms with Crippen LogP contribution in [0.1, 0.15) is 33.5 Å². The van der Waals surface area contributed by atoms with Crippen LogP contribution in [0.2, 0.25) is 10.0 Å². The van der Waals surface area contributed by atoms with Crippen molar-refractivity contribution in [3.8, 4) is 0 Å². The van der Waals surface area contributed by atoms with Gasteiger partial charge in [0.25, 0.3) is 0 Å². The van der Waals surface area contributed by atoms with E-state index in [0.717, 1.165) is 18.4 Å². The van der Waals surface area contributed by atoms with Crippen molar-refractivity contribution < 1.29 is 4.79 Å². The maximum Gasteiger partial charge on any atom is 0.168 e. The van der Waals surface area contributed by atoms with Gasteiger partial charge >= 0.3 is 0 Å². The second-order valence-corrected chi connectivity index (χ2v) is 5.94. The predicted molar refractivity (Wildman–Crippen MR) is 83.0 cm³/mol. The van der Waals surface area contributed by atoms with Gasteiger partial charge in [-0.1, -0.05) is 47.5 Å². The van der Waals surface area contributed by atoms with Crippen molar-refractivity contribution >= 4 is 29.0 Å². The van der Waals surface area contributed by atoms with Crippen LogP contribution in [-0.2, 0) is 19.3 Å². The van der Waals surface area contributed by atoms with Crippen molar-refractivity contribution in [2.45, 2.75) is 25.7 Å². The average molecular weight is 305 g/mol. The van der Waals surface area contributed by atoms with Crippen LogP contribution < -0.4 is 0 Å². The topological polar surface area (TPSA) is 17.1 Å². The van der Waals surface area contributed by atoms with Gasteiger partial charge in [-0.2, -0.15) is 0 Å². The van der Waals surface area contributed by atoms with Crippen LogP contribution >= 0.6 is 23.2 Å². The molecule has 3 rings (SSSR count). The molecule has 1 aliphatic rings. The van der Waals surface area contributed by atoms with E-state index in [0.29, 0.717) is 22.0 Å². The molecule has 3 heteroatoms. The largest absolute Gasteiger partial charge is 0.294 e. The normalized spacial score (nSPS) is 13.3. The highest BCUT2D eigenvalue weighted by atomic mass is 35.5. The molecule has 2 aromatic rings. The van der Waals surface area contributed by atoms with Crippen molar-refractivity contribution in [3.63, 3.8) is 0 Å². The van der Waals surface area contributed by atoms with Gasteiger partial charge in [0.2, 0.25) is 0 Å². The lowest BCUT2D eigenvalue weighted by Crippen LogP contribution is -2.05. The van der Waals surface area contributed by atoms with Gasteiger partial charge in [0.1, 0.15) is 0 Å². The fourth-order valence-electron chi connectivity index (χ4n) is 2.73. The van der Waals surface area contributed by atoms with Gasteiger partial charge in [0.15, 0.2) is 5.78 Å². The summed E-state index contributed by atoms with van der Waals surface area (Å²) in [5.74, 6) is 0.00967. The van der Waals surface area contributed by atoms with Crippen molar-refractivity contribution in [2.75, 3.05) is 0 Å². The molecule has 1 nitrogen and oxygen atoms in total. The Balaban J connectivity index is 1.84. The molecule has 0 saturated carbocycles. The summed E-state index contributed by atoms with van der Waals surface area (Å²) < 4.78 is 0. The third kappa shape index (κ3) is 2.61. The second kappa shape index (κ2) is 5.59. The smallest absolute Gasteiger partial charge is 0.168 e. The molecule has 102 valence electrons. The molecule has 0 saturated heterocycles. The Bertz CT molecular complexity index is 677. The minimum Gasteiger partial charge on any atom is -0.294 e. The number of hydrogen-bond donors (Lipinski definition) is 0. The van der Waals surface area contributed by atoms with Gasteiger partial charge in [-0.3, -0.25) is 4.79 Å². The van der Waals surface area contributed by atoms with Gasteiger partial charge in [-0.15, -0.1) is 0 Å². The first-order chi connectivity index (χ1) is 9.65. The molecule has 20 heavy (non-hydrogen) atoms. The Morgan fingerprint density at radius 1 is 1.05 bits per heavy atom. The summed E-state index contributed by atoms with van der Waals surface area (Å²) in [7, 11) is 0. The van der Waals surface area contributed by atoms with E-state index in [1.165, 1.54) is 17.5 Å². The van der Waals surface area contributed by atoms with Crippen molar-refractivity contribution in [1.82, 2.24) is 0 Å². The maximum absolute atomic E-state index is 12.3. The molecule has 0 bridgehead atoms. The minimum absolute atomic E-state index is 0.00967. The summed E-state index contributed by atoms with van der Waals surface area (Å²) >= 11 is 12.0. The van der Waals surface area contributed by atoms with Crippen molar-refractivity contribution in [3.05, 3.63) is 68.7 Å². The van der Waals surface area contributed by atoms with Crippen LogP contribution in [0.4, 0.5) is 0 Å². The molecule has 0 heterocycles. The Morgan fingerprint density at radius 2 is 1.85 bits per heavy atom. The lowest BCUT2D eigenvalue weighted by molar-refractivity contribution is 0.0993. The SMILES string of the molecule is O=C(Cc1ccc2c(c1)CCC2)c1cccc(Cl)c1Cl. The molecule has 0 unspecified atom stereocenters. The maximum atomic E-state index is 12.3. The Kier molecular flexibility index (Phi) is 3.82. The number of carbonyl (C=O) groups is 1. The summed E-state index contributed by atoms with van der Waals surface area (Å²) in [5.41, 5.74) is 4.35. The van der Waals surface area contributed by atoms with E-state index in [2.05, 4.69) is 12.1 Å². The highest BCUT2D eigenvalue weighted by Gasteiger charge is 2.15. The lowest BCUT2D eigenvalue weighted by Gasteiger charge is -2.07. The van der Waals surface area contributed by atoms with E-state index in [-0.39, 0.29) is 5.78 Å². The molecule has 0 amide bonds. The number of carbonyl (C=O) groups excluding carboxylic acids is 1. The molecule has 0 aromatic heterocycles. The zero-order valence-corrected chi connectivity index (χ0v) is 12.5. The van der Waals surface area contributed by atoms with Gasteiger partial charge in [-0.05, 0) is 48.1 Å². The molecular formula is C17H14Cl2O. The average Bonchev–Trinajstić information content (AvgIpc) is 2.89. The molecule has 0 aliphatic heterocycles. The summed E-state index contributed by atoms with van der Waals surface area (Å²) in [6.45, 7) is 0. The zero-order valence-electron chi connectivity index (χ0n) is 11.0. The fourth-order valence-corrected chi connectivity index (χ4v) is 3.14. The molecule has 1 aliphatic carbocycles. The lowest BCUT2D eigenvalue weighted by atomic mass is 9.99. The molecule has 0 atom stereocenters. The summed E-state index contributed by atoms with van der Waals surface area (Å²) in [5, 5.41) is 0.770. The molecule has 0 fully saturated rings. The van der Waals surface area contributed by atoms with E-state index < -0.39 is 0 Å². The van der Waals surface area contributed by atoms with Crippen molar-refractivity contribution in [2.24, 2.45) is 0 Å². The summed E-state index contributed by atoms with van der Waals surface area (Å²) in [6.07, 6.45) is 3.86. The van der Waals surface area contributed by atoms with Crippen LogP contribution in [0, 0.1) is 0 Å². The quantitative estimate of drug-likeness (QED) is 0.737. The number of fused-ring (bicyclic) bond motifs is 1. The molecular weight excluding hydrogens is 291 g/mol. The Morgan fingerprint density at radius 3 is 2.70 bits per heavy atom. The second-order valence-electron chi connectivity index (χ2n) is 5.16. The number of halogens is 2. The van der Waals surface area contributed by atoms with Crippen LogP contribution in [0.15, 0.2) is 36.4 Å². The zero-order chi connectivity index (χ0) is 14.1. The molecule has 0 radical (unpaired) electrons. The Labute approximate surface area is 128 Å². The van der Waals surface area contributed by atoms with Gasteiger partial charge in [0.05, 0.1) is 10.0 Å². The van der Waals surface area contributed by atoms with Gasteiger partial charge in [-0.25, -0.2) is 0 Å². The Hall–Kier alpha value is -1.31. The standard InChI is InChI=1S/C17H14Cl2O/c18-15-6-2-5-14(17(15)19)16(20)10-11-7-8-12-3-1-4-13(12)9-11/h2,5-9H,1,3-4,10H2. The first kappa shape index (κ1) is 13.7. The number of aryl methyl sites for hydroxylation is 2. The van der Waals surface area contributed by atoms with E-state index >= 15 is 0 Å². The number of ketones is 1. The van der Waals surface area contributed by atoms with Gasteiger partial charge < -0.3 is 0 Å². The summed E-state index contributed by atoms with van der Waals surface area (Å²) in [6, 6.07) is 11.5. The van der Waals surface area contributed by atoms with E-state index in [1.54, 1.807) is 18.2 Å². The molecule has 2 aromatic carbocycles. The van der Waals surface area contributed by atoms with E-state index in [1.807, 2.05) is 6.07 Å². The number of rotatable bonds is 3. The van der Waals surface area contributed by atoms with Crippen LogP contribution in [-0.4, -0.2) is 5.78 Å². The summed E-state index contributed by atoms with van der Waals surface area (Å²) in [4.78, 5) is 12.3.